The molecule has 3 heteroatoms. The predicted octanol–water partition coefficient (Wildman–Crippen LogP) is 6.45. The molecule has 1 aliphatic heterocycles. The number of nitrogens with zero attached hydrogens (tertiary/aromatic N) is 1. The van der Waals surface area contributed by atoms with Crippen molar-refractivity contribution in [3.05, 3.63) is 82.9 Å². The fourth-order valence-corrected chi connectivity index (χ4v) is 4.17. The second kappa shape index (κ2) is 5.95. The van der Waals surface area contributed by atoms with Crippen LogP contribution in [0.2, 0.25) is 5.02 Å². The van der Waals surface area contributed by atoms with Crippen LogP contribution in [0.15, 0.2) is 76.5 Å². The lowest BCUT2D eigenvalue weighted by Crippen LogP contribution is -2.20. The summed E-state index contributed by atoms with van der Waals surface area (Å²) in [7, 11) is 0. The lowest BCUT2D eigenvalue weighted by Gasteiger charge is -2.33. The van der Waals surface area contributed by atoms with E-state index in [-0.39, 0.29) is 0 Å². The molecule has 23 heavy (non-hydrogen) atoms. The van der Waals surface area contributed by atoms with Crippen molar-refractivity contribution in [2.45, 2.75) is 23.3 Å². The fourth-order valence-electron chi connectivity index (χ4n) is 2.93. The summed E-state index contributed by atoms with van der Waals surface area (Å²) >= 11 is 8.08. The van der Waals surface area contributed by atoms with Gasteiger partial charge in [-0.25, -0.2) is 0 Å². The Balaban J connectivity index is 1.85. The standard InChI is InChI=1S/C20H16ClNS/c1-14-6-2-3-7-15(14)13-22-17-8-4-5-9-19(17)23-20-11-10-16(21)12-18(20)22/h2-12H,13H2,1H3. The van der Waals surface area contributed by atoms with Crippen molar-refractivity contribution in [2.24, 2.45) is 0 Å². The van der Waals surface area contributed by atoms with Gasteiger partial charge in [0.05, 0.1) is 11.4 Å². The summed E-state index contributed by atoms with van der Waals surface area (Å²) in [6.07, 6.45) is 0. The molecule has 0 N–H and O–H groups in total. The molecule has 0 saturated heterocycles. The maximum absolute atomic E-state index is 6.27. The lowest BCUT2D eigenvalue weighted by molar-refractivity contribution is 0.929. The Hall–Kier alpha value is -1.90. The van der Waals surface area contributed by atoms with Gasteiger partial charge in [0.15, 0.2) is 0 Å². The third-order valence-electron chi connectivity index (χ3n) is 4.18. The highest BCUT2D eigenvalue weighted by Gasteiger charge is 2.23. The molecule has 1 heterocycles. The molecule has 1 aliphatic rings. The zero-order valence-corrected chi connectivity index (χ0v) is 14.4. The number of hydrogen-bond donors (Lipinski definition) is 0. The van der Waals surface area contributed by atoms with Gasteiger partial charge in [-0.15, -0.1) is 0 Å². The van der Waals surface area contributed by atoms with Crippen LogP contribution < -0.4 is 4.90 Å². The van der Waals surface area contributed by atoms with Crippen molar-refractivity contribution in [3.63, 3.8) is 0 Å². The molecule has 114 valence electrons. The molecule has 1 nitrogen and oxygen atoms in total. The number of fused-ring (bicyclic) bond motifs is 2. The van der Waals surface area contributed by atoms with Crippen molar-refractivity contribution in [2.75, 3.05) is 4.90 Å². The zero-order chi connectivity index (χ0) is 15.8. The molecule has 3 aromatic rings. The monoisotopic (exact) mass is 337 g/mol. The van der Waals surface area contributed by atoms with Gasteiger partial charge in [-0.05, 0) is 48.4 Å². The minimum atomic E-state index is 0.776. The second-order valence-electron chi connectivity index (χ2n) is 5.69. The van der Waals surface area contributed by atoms with Crippen LogP contribution in [-0.2, 0) is 6.54 Å². The van der Waals surface area contributed by atoms with E-state index < -0.39 is 0 Å². The van der Waals surface area contributed by atoms with E-state index in [1.54, 1.807) is 0 Å². The summed E-state index contributed by atoms with van der Waals surface area (Å²) in [5.74, 6) is 0. The van der Waals surface area contributed by atoms with Gasteiger partial charge in [0.1, 0.15) is 0 Å². The van der Waals surface area contributed by atoms with Gasteiger partial charge in [0, 0.05) is 21.4 Å². The first-order chi connectivity index (χ1) is 11.2. The molecule has 0 unspecified atom stereocenters. The molecule has 0 atom stereocenters. The van der Waals surface area contributed by atoms with Crippen molar-refractivity contribution in [3.8, 4) is 0 Å². The minimum Gasteiger partial charge on any atom is -0.335 e. The molecule has 0 spiro atoms. The summed E-state index contributed by atoms with van der Waals surface area (Å²) in [5, 5.41) is 0.776. The average molecular weight is 338 g/mol. The lowest BCUT2D eigenvalue weighted by atomic mass is 10.1. The van der Waals surface area contributed by atoms with E-state index in [0.717, 1.165) is 11.6 Å². The average Bonchev–Trinajstić information content (AvgIpc) is 2.57. The molecule has 0 radical (unpaired) electrons. The fraction of sp³-hybridized carbons (Fsp3) is 0.100. The van der Waals surface area contributed by atoms with Crippen LogP contribution in [-0.4, -0.2) is 0 Å². The molecule has 0 bridgehead atoms. The van der Waals surface area contributed by atoms with E-state index in [2.05, 4.69) is 72.5 Å². The Labute approximate surface area is 145 Å². The van der Waals surface area contributed by atoms with E-state index in [9.17, 15) is 0 Å². The van der Waals surface area contributed by atoms with Gasteiger partial charge in [-0.2, -0.15) is 0 Å². The third-order valence-corrected chi connectivity index (χ3v) is 5.54. The van der Waals surface area contributed by atoms with E-state index in [4.69, 9.17) is 11.6 Å². The van der Waals surface area contributed by atoms with Crippen molar-refractivity contribution in [1.29, 1.82) is 0 Å². The summed E-state index contributed by atoms with van der Waals surface area (Å²) < 4.78 is 0. The smallest absolute Gasteiger partial charge is 0.0570 e. The quantitative estimate of drug-likeness (QED) is 0.528. The Morgan fingerprint density at radius 2 is 1.61 bits per heavy atom. The van der Waals surface area contributed by atoms with Crippen LogP contribution >= 0.6 is 23.4 Å². The first-order valence-corrected chi connectivity index (χ1v) is 8.80. The number of hydrogen-bond acceptors (Lipinski definition) is 2. The third kappa shape index (κ3) is 2.73. The van der Waals surface area contributed by atoms with Crippen LogP contribution in [0.25, 0.3) is 0 Å². The first-order valence-electron chi connectivity index (χ1n) is 7.61. The number of benzene rings is 3. The van der Waals surface area contributed by atoms with Gasteiger partial charge < -0.3 is 4.90 Å². The van der Waals surface area contributed by atoms with E-state index >= 15 is 0 Å². The number of aryl methyl sites for hydroxylation is 1. The number of halogens is 1. The van der Waals surface area contributed by atoms with E-state index in [1.807, 2.05) is 17.8 Å². The Morgan fingerprint density at radius 1 is 0.870 bits per heavy atom. The van der Waals surface area contributed by atoms with Gasteiger partial charge in [0.2, 0.25) is 0 Å². The van der Waals surface area contributed by atoms with Crippen LogP contribution in [0.4, 0.5) is 11.4 Å². The van der Waals surface area contributed by atoms with Gasteiger partial charge in [-0.3, -0.25) is 0 Å². The number of para-hydroxylation sites is 1. The van der Waals surface area contributed by atoms with Gasteiger partial charge >= 0.3 is 0 Å². The Bertz CT molecular complexity index is 875. The largest absolute Gasteiger partial charge is 0.335 e. The first kappa shape index (κ1) is 14.7. The summed E-state index contributed by atoms with van der Waals surface area (Å²) in [4.78, 5) is 4.91. The minimum absolute atomic E-state index is 0.776. The molecule has 0 aliphatic carbocycles. The zero-order valence-electron chi connectivity index (χ0n) is 12.8. The highest BCUT2D eigenvalue weighted by atomic mass is 35.5. The van der Waals surface area contributed by atoms with Crippen LogP contribution in [0, 0.1) is 6.92 Å². The van der Waals surface area contributed by atoms with E-state index in [1.165, 1.54) is 32.3 Å². The van der Waals surface area contributed by atoms with Crippen molar-refractivity contribution >= 4 is 34.7 Å². The summed E-state index contributed by atoms with van der Waals surface area (Å²) in [6.45, 7) is 3.01. The van der Waals surface area contributed by atoms with Gasteiger partial charge in [0.25, 0.3) is 0 Å². The SMILES string of the molecule is Cc1ccccc1CN1c2ccccc2Sc2ccc(Cl)cc21. The molecule has 4 rings (SSSR count). The molecule has 0 fully saturated rings. The highest BCUT2D eigenvalue weighted by Crippen LogP contribution is 2.49. The van der Waals surface area contributed by atoms with Crippen LogP contribution in [0.3, 0.4) is 0 Å². The second-order valence-corrected chi connectivity index (χ2v) is 7.21. The maximum Gasteiger partial charge on any atom is 0.0570 e. The number of anilines is 2. The van der Waals surface area contributed by atoms with Crippen LogP contribution in [0.1, 0.15) is 11.1 Å². The van der Waals surface area contributed by atoms with Crippen molar-refractivity contribution < 1.29 is 0 Å². The van der Waals surface area contributed by atoms with Gasteiger partial charge in [-0.1, -0.05) is 59.8 Å². The maximum atomic E-state index is 6.27. The summed E-state index contributed by atoms with van der Waals surface area (Å²) in [6, 6.07) is 23.3. The Morgan fingerprint density at radius 3 is 2.48 bits per heavy atom. The predicted molar refractivity (Wildman–Crippen MR) is 99.0 cm³/mol. The molecular weight excluding hydrogens is 322 g/mol. The highest BCUT2D eigenvalue weighted by molar-refractivity contribution is 7.99. The topological polar surface area (TPSA) is 3.24 Å². The van der Waals surface area contributed by atoms with Crippen LogP contribution in [0.5, 0.6) is 0 Å². The molecular formula is C20H16ClNS. The van der Waals surface area contributed by atoms with E-state index in [0.29, 0.717) is 0 Å². The number of rotatable bonds is 2. The molecule has 0 saturated carbocycles. The van der Waals surface area contributed by atoms with Crippen molar-refractivity contribution in [1.82, 2.24) is 0 Å². The summed E-state index contributed by atoms with van der Waals surface area (Å²) in [5.41, 5.74) is 5.08. The normalized spacial score (nSPS) is 12.7. The molecule has 0 aromatic heterocycles. The molecule has 3 aromatic carbocycles. The molecule has 0 amide bonds. The Kier molecular flexibility index (Phi) is 3.80.